The summed E-state index contributed by atoms with van der Waals surface area (Å²) >= 11 is 15.2. The first kappa shape index (κ1) is 14.8. The van der Waals surface area contributed by atoms with E-state index in [1.54, 1.807) is 12.1 Å². The van der Waals surface area contributed by atoms with E-state index in [9.17, 15) is 4.79 Å². The third-order valence-corrected chi connectivity index (χ3v) is 3.86. The number of hydrogen-bond acceptors (Lipinski definition) is 2. The van der Waals surface area contributed by atoms with Crippen molar-refractivity contribution in [3.05, 3.63) is 26.7 Å². The van der Waals surface area contributed by atoms with Gasteiger partial charge >= 0.3 is 0 Å². The zero-order valence-corrected chi connectivity index (χ0v) is 12.4. The number of nitrogens with one attached hydrogen (secondary N) is 2. The lowest BCUT2D eigenvalue weighted by Crippen LogP contribution is -2.21. The fraction of sp³-hybridized carbons (Fsp3) is 0.364. The van der Waals surface area contributed by atoms with E-state index in [-0.39, 0.29) is 5.91 Å². The lowest BCUT2D eigenvalue weighted by molar-refractivity contribution is -0.116. The average Bonchev–Trinajstić information content (AvgIpc) is 2.30. The van der Waals surface area contributed by atoms with Gasteiger partial charge in [-0.2, -0.15) is 0 Å². The maximum atomic E-state index is 11.6. The topological polar surface area (TPSA) is 41.1 Å². The van der Waals surface area contributed by atoms with Crippen LogP contribution in [0.2, 0.25) is 10.0 Å². The number of benzene rings is 1. The van der Waals surface area contributed by atoms with Crippen molar-refractivity contribution in [3.63, 3.8) is 0 Å². The second-order valence-electron chi connectivity index (χ2n) is 3.37. The van der Waals surface area contributed by atoms with Crippen LogP contribution in [-0.4, -0.2) is 19.0 Å². The molecule has 1 aromatic carbocycles. The van der Waals surface area contributed by atoms with Gasteiger partial charge in [0.05, 0.1) is 15.7 Å². The van der Waals surface area contributed by atoms with Gasteiger partial charge in [0.1, 0.15) is 0 Å². The highest BCUT2D eigenvalue weighted by Gasteiger charge is 2.10. The van der Waals surface area contributed by atoms with Gasteiger partial charge in [0.25, 0.3) is 0 Å². The van der Waals surface area contributed by atoms with Crippen molar-refractivity contribution >= 4 is 50.7 Å². The van der Waals surface area contributed by atoms with Gasteiger partial charge in [0, 0.05) is 17.4 Å². The van der Waals surface area contributed by atoms with E-state index in [4.69, 9.17) is 23.2 Å². The lowest BCUT2D eigenvalue weighted by Gasteiger charge is -2.09. The Hall–Kier alpha value is -0.290. The molecule has 0 aromatic heterocycles. The summed E-state index contributed by atoms with van der Waals surface area (Å²) < 4.78 is 0.704. The molecule has 0 fully saturated rings. The van der Waals surface area contributed by atoms with E-state index >= 15 is 0 Å². The van der Waals surface area contributed by atoms with Crippen molar-refractivity contribution in [1.29, 1.82) is 0 Å². The summed E-state index contributed by atoms with van der Waals surface area (Å²) in [6.07, 6.45) is 0.401. The SMILES string of the molecule is CCNCCC(=O)Nc1ccc(Br)c(Cl)c1Cl. The third-order valence-electron chi connectivity index (χ3n) is 2.09. The second-order valence-corrected chi connectivity index (χ2v) is 4.98. The number of carbonyl (C=O) groups is 1. The van der Waals surface area contributed by atoms with Crippen molar-refractivity contribution in [3.8, 4) is 0 Å². The van der Waals surface area contributed by atoms with Crippen molar-refractivity contribution < 1.29 is 4.79 Å². The first-order valence-electron chi connectivity index (χ1n) is 5.20. The summed E-state index contributed by atoms with van der Waals surface area (Å²) in [5.41, 5.74) is 0.529. The van der Waals surface area contributed by atoms with E-state index < -0.39 is 0 Å². The highest BCUT2D eigenvalue weighted by Crippen LogP contribution is 2.35. The van der Waals surface area contributed by atoms with E-state index in [0.717, 1.165) is 6.54 Å². The first-order chi connectivity index (χ1) is 8.06. The number of hydrogen-bond donors (Lipinski definition) is 2. The quantitative estimate of drug-likeness (QED) is 0.634. The van der Waals surface area contributed by atoms with E-state index in [2.05, 4.69) is 26.6 Å². The third kappa shape index (κ3) is 4.47. The zero-order valence-electron chi connectivity index (χ0n) is 9.32. The zero-order chi connectivity index (χ0) is 12.8. The Bertz CT molecular complexity index is 413. The summed E-state index contributed by atoms with van der Waals surface area (Å²) in [5, 5.41) is 6.54. The molecular weight excluding hydrogens is 327 g/mol. The molecule has 0 aliphatic carbocycles. The van der Waals surface area contributed by atoms with Crippen LogP contribution in [0.3, 0.4) is 0 Å². The summed E-state index contributed by atoms with van der Waals surface area (Å²) in [6.45, 7) is 3.48. The maximum Gasteiger partial charge on any atom is 0.225 e. The Kier molecular flexibility index (Phi) is 6.27. The predicted octanol–water partition coefficient (Wildman–Crippen LogP) is 3.69. The van der Waals surface area contributed by atoms with E-state index in [0.29, 0.717) is 33.2 Å². The van der Waals surface area contributed by atoms with Crippen LogP contribution in [0.5, 0.6) is 0 Å². The lowest BCUT2D eigenvalue weighted by atomic mass is 10.3. The predicted molar refractivity (Wildman–Crippen MR) is 76.0 cm³/mol. The minimum absolute atomic E-state index is 0.0914. The van der Waals surface area contributed by atoms with Gasteiger partial charge in [-0.15, -0.1) is 0 Å². The first-order valence-corrected chi connectivity index (χ1v) is 6.75. The summed E-state index contributed by atoms with van der Waals surface area (Å²) in [6, 6.07) is 3.46. The smallest absolute Gasteiger partial charge is 0.225 e. The minimum atomic E-state index is -0.0914. The largest absolute Gasteiger partial charge is 0.325 e. The number of halogens is 3. The molecule has 1 rings (SSSR count). The Morgan fingerprint density at radius 1 is 1.35 bits per heavy atom. The highest BCUT2D eigenvalue weighted by molar-refractivity contribution is 9.10. The Balaban J connectivity index is 2.63. The number of anilines is 1. The van der Waals surface area contributed by atoms with Gasteiger partial charge in [-0.1, -0.05) is 30.1 Å². The molecule has 94 valence electrons. The van der Waals surface area contributed by atoms with Crippen molar-refractivity contribution in [2.45, 2.75) is 13.3 Å². The molecule has 0 saturated heterocycles. The molecule has 0 radical (unpaired) electrons. The summed E-state index contributed by atoms with van der Waals surface area (Å²) in [7, 11) is 0. The van der Waals surface area contributed by atoms with Crippen LogP contribution in [-0.2, 0) is 4.79 Å². The Labute approximate surface area is 119 Å². The fourth-order valence-corrected chi connectivity index (χ4v) is 2.04. The van der Waals surface area contributed by atoms with Gasteiger partial charge in [0.2, 0.25) is 5.91 Å². The van der Waals surface area contributed by atoms with Gasteiger partial charge in [-0.25, -0.2) is 0 Å². The monoisotopic (exact) mass is 338 g/mol. The molecular formula is C11H13BrCl2N2O. The van der Waals surface area contributed by atoms with Crippen molar-refractivity contribution in [2.24, 2.45) is 0 Å². The molecule has 0 spiro atoms. The second kappa shape index (κ2) is 7.21. The average molecular weight is 340 g/mol. The van der Waals surface area contributed by atoms with Gasteiger partial charge < -0.3 is 10.6 Å². The molecule has 2 N–H and O–H groups in total. The van der Waals surface area contributed by atoms with Crippen LogP contribution in [0, 0.1) is 0 Å². The van der Waals surface area contributed by atoms with Crippen LogP contribution < -0.4 is 10.6 Å². The van der Waals surface area contributed by atoms with Crippen LogP contribution in [0.4, 0.5) is 5.69 Å². The molecule has 0 bridgehead atoms. The molecule has 6 heteroatoms. The normalized spacial score (nSPS) is 10.4. The summed E-state index contributed by atoms with van der Waals surface area (Å²) in [4.78, 5) is 11.6. The molecule has 0 aliphatic heterocycles. The van der Waals surface area contributed by atoms with Crippen LogP contribution in [0.25, 0.3) is 0 Å². The molecule has 1 aromatic rings. The van der Waals surface area contributed by atoms with Crippen LogP contribution in [0.15, 0.2) is 16.6 Å². The standard InChI is InChI=1S/C11H13BrCl2N2O/c1-2-15-6-5-9(17)16-8-4-3-7(12)10(13)11(8)14/h3-4,15H,2,5-6H2,1H3,(H,16,17). The Morgan fingerprint density at radius 3 is 2.71 bits per heavy atom. The Morgan fingerprint density at radius 2 is 2.06 bits per heavy atom. The number of carbonyl (C=O) groups excluding carboxylic acids is 1. The fourth-order valence-electron chi connectivity index (χ4n) is 1.21. The van der Waals surface area contributed by atoms with Crippen molar-refractivity contribution in [2.75, 3.05) is 18.4 Å². The minimum Gasteiger partial charge on any atom is -0.325 e. The van der Waals surface area contributed by atoms with Crippen LogP contribution in [0.1, 0.15) is 13.3 Å². The molecule has 0 aliphatic rings. The van der Waals surface area contributed by atoms with Gasteiger partial charge in [-0.3, -0.25) is 4.79 Å². The number of amides is 1. The molecule has 0 heterocycles. The van der Waals surface area contributed by atoms with Crippen molar-refractivity contribution in [1.82, 2.24) is 5.32 Å². The molecule has 0 atom stereocenters. The molecule has 17 heavy (non-hydrogen) atoms. The highest BCUT2D eigenvalue weighted by atomic mass is 79.9. The van der Waals surface area contributed by atoms with E-state index in [1.165, 1.54) is 0 Å². The number of rotatable bonds is 5. The van der Waals surface area contributed by atoms with E-state index in [1.807, 2.05) is 6.92 Å². The van der Waals surface area contributed by atoms with Crippen LogP contribution >= 0.6 is 39.1 Å². The maximum absolute atomic E-state index is 11.6. The molecule has 0 saturated carbocycles. The van der Waals surface area contributed by atoms with Gasteiger partial charge in [0.15, 0.2) is 0 Å². The molecule has 0 unspecified atom stereocenters. The van der Waals surface area contributed by atoms with Gasteiger partial charge in [-0.05, 0) is 34.6 Å². The molecule has 1 amide bonds. The summed E-state index contributed by atoms with van der Waals surface area (Å²) in [5.74, 6) is -0.0914. The molecule has 3 nitrogen and oxygen atoms in total.